The first-order valence-corrected chi connectivity index (χ1v) is 10.8. The lowest BCUT2D eigenvalue weighted by atomic mass is 10.2. The molecule has 3 aromatic rings. The number of fused-ring (bicyclic) bond motifs is 1. The highest BCUT2D eigenvalue weighted by atomic mass is 32.2. The van der Waals surface area contributed by atoms with Crippen LogP contribution in [0, 0.1) is 5.82 Å². The number of carbonyl (C=O) groups excluding carboxylic acids is 1. The lowest BCUT2D eigenvalue weighted by Gasteiger charge is -2.22. The van der Waals surface area contributed by atoms with Crippen molar-refractivity contribution in [3.8, 4) is 11.4 Å². The van der Waals surface area contributed by atoms with E-state index in [1.165, 1.54) is 17.8 Å². The Labute approximate surface area is 171 Å². The number of hydrogen-bond donors (Lipinski definition) is 1. The van der Waals surface area contributed by atoms with Crippen molar-refractivity contribution in [1.82, 2.24) is 15.2 Å². The van der Waals surface area contributed by atoms with Crippen LogP contribution in [0.15, 0.2) is 58.6 Å². The van der Waals surface area contributed by atoms with Crippen molar-refractivity contribution in [2.24, 2.45) is 0 Å². The Bertz CT molecular complexity index is 994. The summed E-state index contributed by atoms with van der Waals surface area (Å²) in [4.78, 5) is 20.2. The molecule has 2 heterocycles. The van der Waals surface area contributed by atoms with Gasteiger partial charge < -0.3 is 4.90 Å². The van der Waals surface area contributed by atoms with Crippen molar-refractivity contribution in [3.63, 3.8) is 0 Å². The van der Waals surface area contributed by atoms with E-state index in [0.29, 0.717) is 28.3 Å². The van der Waals surface area contributed by atoms with Crippen LogP contribution in [0.25, 0.3) is 11.4 Å². The zero-order valence-electron chi connectivity index (χ0n) is 15.3. The van der Waals surface area contributed by atoms with Crippen LogP contribution in [0.3, 0.4) is 0 Å². The van der Waals surface area contributed by atoms with Crippen molar-refractivity contribution in [2.75, 3.05) is 17.2 Å². The lowest BCUT2D eigenvalue weighted by Crippen LogP contribution is -2.33. The number of H-pyrrole nitrogens is 1. The molecule has 1 aliphatic rings. The first-order valence-electron chi connectivity index (χ1n) is 8.98. The van der Waals surface area contributed by atoms with Crippen LogP contribution in [0.4, 0.5) is 10.1 Å². The van der Waals surface area contributed by atoms with E-state index in [0.717, 1.165) is 17.0 Å². The predicted octanol–water partition coefficient (Wildman–Crippen LogP) is 4.62. The monoisotopic (exact) mass is 414 g/mol. The fraction of sp³-hybridized carbons (Fsp3) is 0.250. The van der Waals surface area contributed by atoms with Gasteiger partial charge in [-0.3, -0.25) is 9.89 Å². The van der Waals surface area contributed by atoms with E-state index in [2.05, 4.69) is 28.2 Å². The number of thioether (sulfide) groups is 2. The Hall–Kier alpha value is -2.32. The van der Waals surface area contributed by atoms with E-state index in [9.17, 15) is 9.18 Å². The van der Waals surface area contributed by atoms with Crippen LogP contribution in [-0.4, -0.2) is 38.6 Å². The number of halogens is 1. The number of nitrogens with zero attached hydrogens (tertiary/aromatic N) is 3. The topological polar surface area (TPSA) is 61.9 Å². The van der Waals surface area contributed by atoms with E-state index in [4.69, 9.17) is 0 Å². The third-order valence-corrected chi connectivity index (χ3v) is 6.53. The molecule has 5 nitrogen and oxygen atoms in total. The zero-order chi connectivity index (χ0) is 19.5. The third kappa shape index (κ3) is 4.07. The van der Waals surface area contributed by atoms with E-state index < -0.39 is 0 Å². The summed E-state index contributed by atoms with van der Waals surface area (Å²) in [7, 11) is 0. The summed E-state index contributed by atoms with van der Waals surface area (Å²) in [6.45, 7) is 2.88. The smallest absolute Gasteiger partial charge is 0.237 e. The van der Waals surface area contributed by atoms with Gasteiger partial charge in [-0.25, -0.2) is 9.37 Å². The van der Waals surface area contributed by atoms with Crippen LogP contribution < -0.4 is 4.90 Å². The second kappa shape index (κ2) is 8.36. The maximum Gasteiger partial charge on any atom is 0.237 e. The summed E-state index contributed by atoms with van der Waals surface area (Å²) in [5, 5.41) is 7.75. The molecule has 0 saturated carbocycles. The van der Waals surface area contributed by atoms with Crippen LogP contribution in [0.2, 0.25) is 0 Å². The molecular formula is C20H19FN4OS2. The van der Waals surface area contributed by atoms with Gasteiger partial charge in [0.2, 0.25) is 11.1 Å². The van der Waals surface area contributed by atoms with Crippen LogP contribution in [0.5, 0.6) is 0 Å². The molecule has 1 atom stereocenters. The highest BCUT2D eigenvalue weighted by Gasteiger charge is 2.24. The zero-order valence-corrected chi connectivity index (χ0v) is 16.9. The van der Waals surface area contributed by atoms with Crippen molar-refractivity contribution in [3.05, 3.63) is 54.3 Å². The molecule has 1 aromatic heterocycles. The Kier molecular flexibility index (Phi) is 5.68. The molecule has 0 spiro atoms. The highest BCUT2D eigenvalue weighted by molar-refractivity contribution is 8.00. The van der Waals surface area contributed by atoms with Crippen LogP contribution in [-0.2, 0) is 4.79 Å². The Morgan fingerprint density at radius 1 is 1.29 bits per heavy atom. The second-order valence-electron chi connectivity index (χ2n) is 6.47. The summed E-state index contributed by atoms with van der Waals surface area (Å²) in [5.41, 5.74) is 1.32. The largest absolute Gasteiger partial charge is 0.311 e. The van der Waals surface area contributed by atoms with Crippen molar-refractivity contribution in [2.45, 2.75) is 28.6 Å². The van der Waals surface area contributed by atoms with E-state index in [-0.39, 0.29) is 17.5 Å². The average Bonchev–Trinajstić information content (AvgIpc) is 3.09. The summed E-state index contributed by atoms with van der Waals surface area (Å²) in [6.07, 6.45) is 0.938. The van der Waals surface area contributed by atoms with E-state index >= 15 is 0 Å². The van der Waals surface area contributed by atoms with Crippen LogP contribution in [0.1, 0.15) is 13.3 Å². The number of rotatable bonds is 4. The molecule has 0 aliphatic carbocycles. The predicted molar refractivity (Wildman–Crippen MR) is 111 cm³/mol. The SMILES string of the molecule is C[C@@H]1CCN(C(=O)CSc2n[nH]c(-c3ccccc3F)n2)c2ccccc2S1. The summed E-state index contributed by atoms with van der Waals surface area (Å²) in [6, 6.07) is 14.4. The van der Waals surface area contributed by atoms with Gasteiger partial charge in [-0.1, -0.05) is 43.0 Å². The minimum absolute atomic E-state index is 0.0180. The number of carbonyl (C=O) groups is 1. The summed E-state index contributed by atoms with van der Waals surface area (Å²) >= 11 is 3.06. The standard InChI is InChI=1S/C20H19FN4OS2/c1-13-10-11-25(16-8-4-5-9-17(16)28-13)18(26)12-27-20-22-19(23-24-20)14-6-2-3-7-15(14)21/h2-9,13H,10-12H2,1H3,(H,22,23,24)/t13-/m1/s1. The lowest BCUT2D eigenvalue weighted by molar-refractivity contribution is -0.116. The minimum atomic E-state index is -0.362. The summed E-state index contributed by atoms with van der Waals surface area (Å²) in [5.74, 6) is 0.240. The van der Waals surface area contributed by atoms with Gasteiger partial charge in [0.25, 0.3) is 0 Å². The van der Waals surface area contributed by atoms with Gasteiger partial charge in [0, 0.05) is 16.7 Å². The molecule has 28 heavy (non-hydrogen) atoms. The molecule has 4 rings (SSSR count). The molecule has 8 heteroatoms. The number of hydrogen-bond acceptors (Lipinski definition) is 5. The number of benzene rings is 2. The Morgan fingerprint density at radius 3 is 2.93 bits per heavy atom. The molecule has 0 fully saturated rings. The van der Waals surface area contributed by atoms with Crippen LogP contribution >= 0.6 is 23.5 Å². The van der Waals surface area contributed by atoms with Gasteiger partial charge in [-0.15, -0.1) is 16.9 Å². The molecule has 1 amide bonds. The molecular weight excluding hydrogens is 395 g/mol. The van der Waals surface area contributed by atoms with Gasteiger partial charge in [-0.05, 0) is 30.7 Å². The maximum atomic E-state index is 13.9. The number of aromatic nitrogens is 3. The molecule has 1 aliphatic heterocycles. The van der Waals surface area contributed by atoms with Crippen molar-refractivity contribution in [1.29, 1.82) is 0 Å². The third-order valence-electron chi connectivity index (χ3n) is 4.46. The van der Waals surface area contributed by atoms with Gasteiger partial charge in [0.15, 0.2) is 5.82 Å². The van der Waals surface area contributed by atoms with Crippen molar-refractivity contribution >= 4 is 35.1 Å². The fourth-order valence-corrected chi connectivity index (χ4v) is 4.82. The van der Waals surface area contributed by atoms with Gasteiger partial charge in [-0.2, -0.15) is 0 Å². The Morgan fingerprint density at radius 2 is 2.07 bits per heavy atom. The first kappa shape index (κ1) is 19.0. The summed E-state index contributed by atoms with van der Waals surface area (Å²) < 4.78 is 13.9. The quantitative estimate of drug-likeness (QED) is 0.631. The normalized spacial score (nSPS) is 16.5. The molecule has 2 aromatic carbocycles. The average molecular weight is 415 g/mol. The molecule has 0 unspecified atom stereocenters. The number of anilines is 1. The van der Waals surface area contributed by atoms with Gasteiger partial charge >= 0.3 is 0 Å². The molecule has 0 saturated heterocycles. The van der Waals surface area contributed by atoms with E-state index in [1.54, 1.807) is 30.0 Å². The highest BCUT2D eigenvalue weighted by Crippen LogP contribution is 2.37. The van der Waals surface area contributed by atoms with E-state index in [1.807, 2.05) is 23.1 Å². The first-order chi connectivity index (χ1) is 13.6. The number of amides is 1. The molecule has 0 bridgehead atoms. The van der Waals surface area contributed by atoms with Gasteiger partial charge in [0.1, 0.15) is 5.82 Å². The number of nitrogens with one attached hydrogen (secondary N) is 1. The molecule has 0 radical (unpaired) electrons. The second-order valence-corrected chi connectivity index (χ2v) is 8.89. The fourth-order valence-electron chi connectivity index (χ4n) is 3.03. The molecule has 144 valence electrons. The molecule has 1 N–H and O–H groups in total. The number of aromatic amines is 1. The van der Waals surface area contributed by atoms with Gasteiger partial charge in [0.05, 0.1) is 17.0 Å². The van der Waals surface area contributed by atoms with Crippen molar-refractivity contribution < 1.29 is 9.18 Å². The maximum absolute atomic E-state index is 13.9. The number of para-hydroxylation sites is 1. The minimum Gasteiger partial charge on any atom is -0.311 e. The Balaban J connectivity index is 1.46.